The lowest BCUT2D eigenvalue weighted by atomic mass is 9.97. The minimum Gasteiger partial charge on any atom is -0.461 e. The van der Waals surface area contributed by atoms with Gasteiger partial charge in [-0.05, 0) is 34.1 Å². The molecule has 1 amide bonds. The van der Waals surface area contributed by atoms with Crippen molar-refractivity contribution in [2.75, 3.05) is 6.61 Å². The van der Waals surface area contributed by atoms with Crippen molar-refractivity contribution in [3.05, 3.63) is 17.0 Å². The molecule has 0 aromatic carbocycles. The number of hydrogen-bond acceptors (Lipinski definition) is 5. The molecule has 1 atom stereocenters. The average Bonchev–Trinajstić information content (AvgIpc) is 2.87. The molecule has 1 aromatic rings. The van der Waals surface area contributed by atoms with Crippen LogP contribution in [0.2, 0.25) is 0 Å². The van der Waals surface area contributed by atoms with Crippen LogP contribution in [0.15, 0.2) is 0 Å². The molecule has 0 saturated carbocycles. The molecule has 1 aliphatic heterocycles. The number of nitrogens with one attached hydrogen (secondary N) is 1. The third kappa shape index (κ3) is 3.83. The average molecular weight is 323 g/mol. The quantitative estimate of drug-likeness (QED) is 0.864. The predicted molar refractivity (Wildman–Crippen MR) is 84.1 cm³/mol. The Morgan fingerprint density at radius 2 is 2.04 bits per heavy atom. The number of fused-ring (bicyclic) bond motifs is 1. The van der Waals surface area contributed by atoms with Crippen molar-refractivity contribution in [1.29, 1.82) is 0 Å². The maximum Gasteiger partial charge on any atom is 0.410 e. The van der Waals surface area contributed by atoms with Crippen molar-refractivity contribution < 1.29 is 19.1 Å². The number of nitrogens with zero attached hydrogens (tertiary/aromatic N) is 2. The van der Waals surface area contributed by atoms with E-state index in [1.54, 1.807) is 11.8 Å². The van der Waals surface area contributed by atoms with Gasteiger partial charge in [0.15, 0.2) is 5.69 Å². The van der Waals surface area contributed by atoms with Crippen LogP contribution in [0.25, 0.3) is 0 Å². The summed E-state index contributed by atoms with van der Waals surface area (Å²) in [5.41, 5.74) is 1.31. The van der Waals surface area contributed by atoms with Crippen LogP contribution >= 0.6 is 0 Å². The van der Waals surface area contributed by atoms with Gasteiger partial charge in [0.05, 0.1) is 13.2 Å². The van der Waals surface area contributed by atoms with E-state index in [1.165, 1.54) is 0 Å². The van der Waals surface area contributed by atoms with Gasteiger partial charge in [0.25, 0.3) is 0 Å². The van der Waals surface area contributed by atoms with Gasteiger partial charge in [-0.1, -0.05) is 6.92 Å². The highest BCUT2D eigenvalue weighted by molar-refractivity contribution is 5.89. The zero-order valence-corrected chi connectivity index (χ0v) is 14.4. The molecule has 0 aliphatic carbocycles. The van der Waals surface area contributed by atoms with Crippen molar-refractivity contribution in [2.24, 2.45) is 0 Å². The molecule has 1 aliphatic rings. The zero-order chi connectivity index (χ0) is 17.2. The van der Waals surface area contributed by atoms with Gasteiger partial charge in [-0.25, -0.2) is 9.59 Å². The summed E-state index contributed by atoms with van der Waals surface area (Å²) in [6.45, 7) is 9.86. The molecule has 7 heteroatoms. The molecule has 7 nitrogen and oxygen atoms in total. The molecule has 0 bridgehead atoms. The summed E-state index contributed by atoms with van der Waals surface area (Å²) in [6, 6.07) is 0.0212. The predicted octanol–water partition coefficient (Wildman–Crippen LogP) is 2.66. The Morgan fingerprint density at radius 3 is 2.61 bits per heavy atom. The van der Waals surface area contributed by atoms with Crippen molar-refractivity contribution in [3.63, 3.8) is 0 Å². The van der Waals surface area contributed by atoms with Gasteiger partial charge >= 0.3 is 12.1 Å². The van der Waals surface area contributed by atoms with Crippen LogP contribution in [0.3, 0.4) is 0 Å². The summed E-state index contributed by atoms with van der Waals surface area (Å²) in [5.74, 6) is -0.468. The highest BCUT2D eigenvalue weighted by Gasteiger charge is 2.35. The first-order valence-corrected chi connectivity index (χ1v) is 7.99. The maximum absolute atomic E-state index is 12.5. The SMILES string of the molecule is CCOC(=O)c1n[nH]c2c1CN(C(=O)OC(C)(C)C)C(CC)C2. The molecule has 2 rings (SSSR count). The van der Waals surface area contributed by atoms with Gasteiger partial charge in [-0.15, -0.1) is 0 Å². The van der Waals surface area contributed by atoms with Crippen LogP contribution < -0.4 is 0 Å². The second kappa shape index (κ2) is 6.60. The lowest BCUT2D eigenvalue weighted by Gasteiger charge is -2.36. The van der Waals surface area contributed by atoms with Crippen LogP contribution in [-0.4, -0.2) is 45.4 Å². The molecular weight excluding hydrogens is 298 g/mol. The molecule has 0 saturated heterocycles. The molecule has 128 valence electrons. The fourth-order valence-corrected chi connectivity index (χ4v) is 2.65. The van der Waals surface area contributed by atoms with E-state index in [0.29, 0.717) is 13.0 Å². The van der Waals surface area contributed by atoms with Crippen LogP contribution in [0.1, 0.15) is 62.8 Å². The molecule has 23 heavy (non-hydrogen) atoms. The lowest BCUT2D eigenvalue weighted by molar-refractivity contribution is 0.0111. The van der Waals surface area contributed by atoms with Crippen LogP contribution in [0, 0.1) is 0 Å². The second-order valence-electron chi connectivity index (χ2n) is 6.62. The van der Waals surface area contributed by atoms with E-state index >= 15 is 0 Å². The standard InChI is InChI=1S/C16H25N3O4/c1-6-10-8-12-11(13(18-17-12)14(20)22-7-2)9-19(10)15(21)23-16(3,4)5/h10H,6-9H2,1-5H3,(H,17,18). The Kier molecular flexibility index (Phi) is 4.97. The van der Waals surface area contributed by atoms with E-state index in [0.717, 1.165) is 17.7 Å². The second-order valence-corrected chi connectivity index (χ2v) is 6.62. The Hall–Kier alpha value is -2.05. The molecular formula is C16H25N3O4. The van der Waals surface area contributed by atoms with Crippen molar-refractivity contribution in [1.82, 2.24) is 15.1 Å². The van der Waals surface area contributed by atoms with Crippen molar-refractivity contribution >= 4 is 12.1 Å². The summed E-state index contributed by atoms with van der Waals surface area (Å²) in [7, 11) is 0. The Labute approximate surface area is 136 Å². The summed E-state index contributed by atoms with van der Waals surface area (Å²) in [6.07, 6.45) is 1.05. The topological polar surface area (TPSA) is 84.5 Å². The van der Waals surface area contributed by atoms with E-state index < -0.39 is 11.6 Å². The minimum absolute atomic E-state index is 0.0212. The van der Waals surface area contributed by atoms with Crippen LogP contribution in [-0.2, 0) is 22.4 Å². The van der Waals surface area contributed by atoms with Gasteiger partial charge < -0.3 is 14.4 Å². The van der Waals surface area contributed by atoms with E-state index in [4.69, 9.17) is 9.47 Å². The van der Waals surface area contributed by atoms with E-state index in [2.05, 4.69) is 10.2 Å². The monoisotopic (exact) mass is 323 g/mol. The first kappa shape index (κ1) is 17.3. The summed E-state index contributed by atoms with van der Waals surface area (Å²) >= 11 is 0. The molecule has 0 spiro atoms. The first-order valence-electron chi connectivity index (χ1n) is 7.99. The van der Waals surface area contributed by atoms with Crippen molar-refractivity contribution in [3.8, 4) is 0 Å². The molecule has 0 fully saturated rings. The number of aromatic amines is 1. The van der Waals surface area contributed by atoms with Crippen LogP contribution in [0.5, 0.6) is 0 Å². The van der Waals surface area contributed by atoms with Gasteiger partial charge in [-0.2, -0.15) is 5.10 Å². The summed E-state index contributed by atoms with van der Waals surface area (Å²) in [5, 5.41) is 6.98. The van der Waals surface area contributed by atoms with Gasteiger partial charge in [0, 0.05) is 23.7 Å². The largest absolute Gasteiger partial charge is 0.461 e. The number of carbonyl (C=O) groups is 2. The summed E-state index contributed by atoms with van der Waals surface area (Å²) in [4.78, 5) is 26.1. The molecule has 0 radical (unpaired) electrons. The number of H-pyrrole nitrogens is 1. The van der Waals surface area contributed by atoms with E-state index in [9.17, 15) is 9.59 Å². The highest BCUT2D eigenvalue weighted by Crippen LogP contribution is 2.28. The van der Waals surface area contributed by atoms with Gasteiger partial charge in [0.1, 0.15) is 5.60 Å². The number of esters is 1. The van der Waals surface area contributed by atoms with Crippen molar-refractivity contribution in [2.45, 2.75) is 65.6 Å². The fourth-order valence-electron chi connectivity index (χ4n) is 2.65. The minimum atomic E-state index is -0.560. The maximum atomic E-state index is 12.5. The number of rotatable bonds is 3. The number of ether oxygens (including phenoxy) is 2. The van der Waals surface area contributed by atoms with Gasteiger partial charge in [-0.3, -0.25) is 5.10 Å². The number of hydrogen-bond donors (Lipinski definition) is 1. The van der Waals surface area contributed by atoms with E-state index in [-0.39, 0.29) is 24.4 Å². The Bertz CT molecular complexity index is 589. The zero-order valence-electron chi connectivity index (χ0n) is 14.4. The smallest absolute Gasteiger partial charge is 0.410 e. The number of carbonyl (C=O) groups excluding carboxylic acids is 2. The highest BCUT2D eigenvalue weighted by atomic mass is 16.6. The fraction of sp³-hybridized carbons (Fsp3) is 0.688. The Morgan fingerprint density at radius 1 is 1.35 bits per heavy atom. The molecule has 2 heterocycles. The molecule has 1 aromatic heterocycles. The number of amides is 1. The first-order chi connectivity index (χ1) is 10.8. The van der Waals surface area contributed by atoms with Crippen LogP contribution in [0.4, 0.5) is 4.79 Å². The molecule has 1 N–H and O–H groups in total. The third-order valence-corrected chi connectivity index (χ3v) is 3.73. The third-order valence-electron chi connectivity index (χ3n) is 3.73. The number of aromatic nitrogens is 2. The lowest BCUT2D eigenvalue weighted by Crippen LogP contribution is -2.46. The Balaban J connectivity index is 2.26. The molecule has 1 unspecified atom stereocenters. The normalized spacial score (nSPS) is 17.6. The van der Waals surface area contributed by atoms with E-state index in [1.807, 2.05) is 27.7 Å². The van der Waals surface area contributed by atoms with Gasteiger partial charge in [0.2, 0.25) is 0 Å². The summed E-state index contributed by atoms with van der Waals surface area (Å²) < 4.78 is 10.5.